The van der Waals surface area contributed by atoms with E-state index in [-0.39, 0.29) is 29.3 Å². The first-order chi connectivity index (χ1) is 21.2. The van der Waals surface area contributed by atoms with Crippen LogP contribution >= 0.6 is 0 Å². The molecule has 0 saturated heterocycles. The summed E-state index contributed by atoms with van der Waals surface area (Å²) in [6.07, 6.45) is 0.160. The summed E-state index contributed by atoms with van der Waals surface area (Å²) in [6, 6.07) is 26.0. The van der Waals surface area contributed by atoms with Crippen LogP contribution in [0.2, 0.25) is 0 Å². The Labute approximate surface area is 256 Å². The van der Waals surface area contributed by atoms with E-state index in [1.807, 2.05) is 30.3 Å². The molecule has 0 bridgehead atoms. The fourth-order valence-corrected chi connectivity index (χ4v) is 6.16. The minimum atomic E-state index is -4.33. The number of hydrogen-bond donors (Lipinski definition) is 1. The van der Waals surface area contributed by atoms with Crippen LogP contribution < -0.4 is 19.1 Å². The molecule has 0 aliphatic carbocycles. The highest BCUT2D eigenvalue weighted by atomic mass is 32.2. The molecule has 0 saturated carbocycles. The molecule has 0 fully saturated rings. The van der Waals surface area contributed by atoms with Crippen LogP contribution in [0, 0.1) is 5.82 Å². The van der Waals surface area contributed by atoms with Gasteiger partial charge in [-0.2, -0.15) is 0 Å². The second kappa shape index (κ2) is 14.5. The lowest BCUT2D eigenvalue weighted by Crippen LogP contribution is -2.53. The first-order valence-electron chi connectivity index (χ1n) is 13.8. The summed E-state index contributed by atoms with van der Waals surface area (Å²) in [5.74, 6) is -0.849. The van der Waals surface area contributed by atoms with E-state index < -0.39 is 40.2 Å². The summed E-state index contributed by atoms with van der Waals surface area (Å²) < 4.78 is 53.7. The largest absolute Gasteiger partial charge is 0.497 e. The third-order valence-corrected chi connectivity index (χ3v) is 8.84. The van der Waals surface area contributed by atoms with Crippen molar-refractivity contribution in [2.24, 2.45) is 0 Å². The number of hydrogen-bond acceptors (Lipinski definition) is 6. The molecule has 1 N–H and O–H groups in total. The van der Waals surface area contributed by atoms with Crippen molar-refractivity contribution in [2.45, 2.75) is 23.9 Å². The average molecular weight is 620 g/mol. The van der Waals surface area contributed by atoms with Crippen molar-refractivity contribution in [1.29, 1.82) is 0 Å². The van der Waals surface area contributed by atoms with Crippen molar-refractivity contribution in [3.05, 3.63) is 120 Å². The van der Waals surface area contributed by atoms with E-state index in [0.717, 1.165) is 9.87 Å². The Balaban J connectivity index is 1.81. The normalized spacial score (nSPS) is 11.7. The smallest absolute Gasteiger partial charge is 0.264 e. The molecule has 4 rings (SSSR count). The molecular weight excluding hydrogens is 585 g/mol. The summed E-state index contributed by atoms with van der Waals surface area (Å²) in [5.41, 5.74) is 1.49. The molecule has 11 heteroatoms. The van der Waals surface area contributed by atoms with Gasteiger partial charge in [-0.25, -0.2) is 12.8 Å². The summed E-state index contributed by atoms with van der Waals surface area (Å²) in [6.45, 7) is -0.732. The third-order valence-electron chi connectivity index (χ3n) is 7.06. The number of para-hydroxylation sites is 2. The van der Waals surface area contributed by atoms with Crippen LogP contribution in [-0.2, 0) is 32.6 Å². The number of nitrogens with one attached hydrogen (secondary N) is 1. The second-order valence-electron chi connectivity index (χ2n) is 9.83. The first-order valence-corrected chi connectivity index (χ1v) is 15.2. The molecule has 0 aliphatic rings. The number of rotatable bonds is 13. The maximum absolute atomic E-state index is 14.3. The standard InChI is InChI=1S/C33H34FN3O6S/c1-35-33(39)30(21-24-9-5-4-6-10-24)36(22-25-13-15-26(34)16-14-25)32(38)23-37(29-11-7-8-12-31(29)43-3)44(40,41)28-19-17-27(42-2)18-20-28/h4-20,30H,21-23H2,1-3H3,(H,35,39)/t30-/m1/s1. The fraction of sp³-hybridized carbons (Fsp3) is 0.212. The van der Waals surface area contributed by atoms with Crippen molar-refractivity contribution >= 4 is 27.5 Å². The summed E-state index contributed by atoms with van der Waals surface area (Å²) >= 11 is 0. The Hall–Kier alpha value is -4.90. The lowest BCUT2D eigenvalue weighted by molar-refractivity contribution is -0.139. The summed E-state index contributed by atoms with van der Waals surface area (Å²) in [7, 11) is 0.0129. The van der Waals surface area contributed by atoms with Crippen molar-refractivity contribution in [3.8, 4) is 11.5 Å². The topological polar surface area (TPSA) is 105 Å². The van der Waals surface area contributed by atoms with E-state index in [0.29, 0.717) is 11.3 Å². The van der Waals surface area contributed by atoms with Crippen LogP contribution in [0.15, 0.2) is 108 Å². The van der Waals surface area contributed by atoms with Gasteiger partial charge < -0.3 is 19.7 Å². The zero-order valence-corrected chi connectivity index (χ0v) is 25.5. The van der Waals surface area contributed by atoms with E-state index >= 15 is 0 Å². The highest BCUT2D eigenvalue weighted by Gasteiger charge is 2.35. The van der Waals surface area contributed by atoms with Gasteiger partial charge in [0.15, 0.2) is 0 Å². The number of ether oxygens (including phenoxy) is 2. The Morgan fingerprint density at radius 3 is 2.07 bits per heavy atom. The van der Waals surface area contributed by atoms with Crippen LogP contribution in [-0.4, -0.2) is 59.0 Å². The maximum Gasteiger partial charge on any atom is 0.264 e. The van der Waals surface area contributed by atoms with Crippen LogP contribution in [0.3, 0.4) is 0 Å². The molecule has 2 amide bonds. The summed E-state index contributed by atoms with van der Waals surface area (Å²) in [5, 5.41) is 2.63. The van der Waals surface area contributed by atoms with E-state index in [2.05, 4.69) is 5.32 Å². The number of carbonyl (C=O) groups is 2. The van der Waals surface area contributed by atoms with Gasteiger partial charge in [0.2, 0.25) is 11.8 Å². The Morgan fingerprint density at radius 1 is 0.818 bits per heavy atom. The van der Waals surface area contributed by atoms with Gasteiger partial charge in [0.25, 0.3) is 10.0 Å². The van der Waals surface area contributed by atoms with Gasteiger partial charge in [-0.1, -0.05) is 54.6 Å². The predicted octanol–water partition coefficient (Wildman–Crippen LogP) is 4.42. The maximum atomic E-state index is 14.3. The average Bonchev–Trinajstić information content (AvgIpc) is 3.06. The molecule has 0 radical (unpaired) electrons. The number of amides is 2. The second-order valence-corrected chi connectivity index (χ2v) is 11.7. The predicted molar refractivity (Wildman–Crippen MR) is 165 cm³/mol. The van der Waals surface area contributed by atoms with E-state index in [1.165, 1.54) is 80.8 Å². The van der Waals surface area contributed by atoms with Crippen LogP contribution in [0.1, 0.15) is 11.1 Å². The SMILES string of the molecule is CNC(=O)[C@@H](Cc1ccccc1)N(Cc1ccc(F)cc1)C(=O)CN(c1ccccc1OC)S(=O)(=O)c1ccc(OC)cc1. The van der Waals surface area contributed by atoms with Gasteiger partial charge in [-0.15, -0.1) is 0 Å². The molecule has 0 heterocycles. The van der Waals surface area contributed by atoms with Crippen LogP contribution in [0.5, 0.6) is 11.5 Å². The Bertz CT molecular complexity index is 1670. The number of methoxy groups -OCH3 is 2. The van der Waals surface area contributed by atoms with Crippen molar-refractivity contribution in [3.63, 3.8) is 0 Å². The molecule has 9 nitrogen and oxygen atoms in total. The quantitative estimate of drug-likeness (QED) is 0.238. The van der Waals surface area contributed by atoms with E-state index in [4.69, 9.17) is 9.47 Å². The van der Waals surface area contributed by atoms with Gasteiger partial charge in [0, 0.05) is 20.0 Å². The number of sulfonamides is 1. The van der Waals surface area contributed by atoms with Gasteiger partial charge >= 0.3 is 0 Å². The third kappa shape index (κ3) is 7.54. The number of nitrogens with zero attached hydrogens (tertiary/aromatic N) is 2. The Kier molecular flexibility index (Phi) is 10.6. The lowest BCUT2D eigenvalue weighted by atomic mass is 10.0. The zero-order valence-electron chi connectivity index (χ0n) is 24.6. The molecule has 0 unspecified atom stereocenters. The van der Waals surface area contributed by atoms with Gasteiger partial charge in [-0.05, 0) is 59.7 Å². The molecule has 4 aromatic rings. The highest BCUT2D eigenvalue weighted by Crippen LogP contribution is 2.33. The lowest BCUT2D eigenvalue weighted by Gasteiger charge is -2.34. The number of anilines is 1. The first kappa shape index (κ1) is 32.0. The minimum Gasteiger partial charge on any atom is -0.497 e. The Morgan fingerprint density at radius 2 is 1.45 bits per heavy atom. The number of carbonyl (C=O) groups excluding carboxylic acids is 2. The molecule has 230 valence electrons. The highest BCUT2D eigenvalue weighted by molar-refractivity contribution is 7.92. The zero-order chi connectivity index (χ0) is 31.7. The number of halogens is 1. The van der Waals surface area contributed by atoms with E-state index in [1.54, 1.807) is 18.2 Å². The van der Waals surface area contributed by atoms with Crippen LogP contribution in [0.25, 0.3) is 0 Å². The minimum absolute atomic E-state index is 0.0748. The van der Waals surface area contributed by atoms with E-state index in [9.17, 15) is 22.4 Å². The fourth-order valence-electron chi connectivity index (χ4n) is 4.73. The molecule has 44 heavy (non-hydrogen) atoms. The molecule has 4 aromatic carbocycles. The number of likely N-dealkylation sites (N-methyl/N-ethyl adjacent to an activating group) is 1. The van der Waals surface area contributed by atoms with Gasteiger partial charge in [-0.3, -0.25) is 13.9 Å². The number of benzene rings is 4. The van der Waals surface area contributed by atoms with Crippen molar-refractivity contribution in [2.75, 3.05) is 32.1 Å². The molecule has 1 atom stereocenters. The van der Waals surface area contributed by atoms with Gasteiger partial charge in [0.05, 0.1) is 24.8 Å². The van der Waals surface area contributed by atoms with Crippen molar-refractivity contribution < 1.29 is 31.9 Å². The molecule has 0 aliphatic heterocycles. The molecular formula is C33H34FN3O6S. The van der Waals surface area contributed by atoms with Gasteiger partial charge in [0.1, 0.15) is 29.9 Å². The molecule has 0 spiro atoms. The molecule has 0 aromatic heterocycles. The van der Waals surface area contributed by atoms with Crippen LogP contribution in [0.4, 0.5) is 10.1 Å². The van der Waals surface area contributed by atoms with Crippen molar-refractivity contribution in [1.82, 2.24) is 10.2 Å². The monoisotopic (exact) mass is 619 g/mol. The summed E-state index contributed by atoms with van der Waals surface area (Å²) in [4.78, 5) is 28.9.